The summed E-state index contributed by atoms with van der Waals surface area (Å²) in [5.74, 6) is 0. The number of benzene rings is 2. The van der Waals surface area contributed by atoms with Crippen LogP contribution in [0.5, 0.6) is 0 Å². The van der Waals surface area contributed by atoms with Crippen molar-refractivity contribution in [3.63, 3.8) is 0 Å². The van der Waals surface area contributed by atoms with Crippen molar-refractivity contribution in [2.24, 2.45) is 0 Å². The zero-order valence-corrected chi connectivity index (χ0v) is 10.4. The smallest absolute Gasteiger partial charge is 0.0542 e. The van der Waals surface area contributed by atoms with E-state index in [9.17, 15) is 0 Å². The molecule has 0 amide bonds. The second kappa shape index (κ2) is 5.23. The highest BCUT2D eigenvalue weighted by Gasteiger charge is 2.24. The molecule has 0 radical (unpaired) electrons. The predicted molar refractivity (Wildman–Crippen MR) is 75.7 cm³/mol. The van der Waals surface area contributed by atoms with Gasteiger partial charge in [0.1, 0.15) is 0 Å². The Hall–Kier alpha value is -1.80. The van der Waals surface area contributed by atoms with Crippen LogP contribution in [0.3, 0.4) is 0 Å². The highest BCUT2D eigenvalue weighted by Crippen LogP contribution is 2.21. The minimum Gasteiger partial charge on any atom is -0.362 e. The summed E-state index contributed by atoms with van der Waals surface area (Å²) in [6, 6.07) is 22.0. The second-order valence-corrected chi connectivity index (χ2v) is 4.76. The molecular weight excluding hydrogens is 220 g/mol. The molecule has 1 fully saturated rings. The number of anilines is 1. The first kappa shape index (κ1) is 11.3. The Balaban J connectivity index is 1.82. The number of hydrogen-bond donors (Lipinski definition) is 1. The SMILES string of the molecule is c1ccc(CN(c2ccccc2)C2CNC2)cc1. The predicted octanol–water partition coefficient (Wildman–Crippen LogP) is 2.67. The Labute approximate surface area is 108 Å². The van der Waals surface area contributed by atoms with Gasteiger partial charge in [-0.05, 0) is 17.7 Å². The maximum absolute atomic E-state index is 3.36. The molecule has 0 aliphatic carbocycles. The lowest BCUT2D eigenvalue weighted by Crippen LogP contribution is -2.57. The van der Waals surface area contributed by atoms with E-state index in [0.29, 0.717) is 6.04 Å². The van der Waals surface area contributed by atoms with E-state index in [1.54, 1.807) is 0 Å². The molecule has 0 bridgehead atoms. The number of hydrogen-bond acceptors (Lipinski definition) is 2. The first-order valence-electron chi connectivity index (χ1n) is 6.50. The summed E-state index contributed by atoms with van der Waals surface area (Å²) < 4.78 is 0. The van der Waals surface area contributed by atoms with Gasteiger partial charge in [-0.2, -0.15) is 0 Å². The fourth-order valence-electron chi connectivity index (χ4n) is 2.32. The molecule has 1 N–H and O–H groups in total. The Morgan fingerprint density at radius 2 is 1.50 bits per heavy atom. The average Bonchev–Trinajstić information content (AvgIpc) is 2.38. The van der Waals surface area contributed by atoms with Crippen LogP contribution in [-0.4, -0.2) is 19.1 Å². The minimum absolute atomic E-state index is 0.618. The molecule has 18 heavy (non-hydrogen) atoms. The average molecular weight is 238 g/mol. The summed E-state index contributed by atoms with van der Waals surface area (Å²) in [6.07, 6.45) is 0. The van der Waals surface area contributed by atoms with Crippen molar-refractivity contribution < 1.29 is 0 Å². The molecular formula is C16H18N2. The van der Waals surface area contributed by atoms with Gasteiger partial charge < -0.3 is 10.2 Å². The van der Waals surface area contributed by atoms with E-state index < -0.39 is 0 Å². The van der Waals surface area contributed by atoms with E-state index >= 15 is 0 Å². The monoisotopic (exact) mass is 238 g/mol. The second-order valence-electron chi connectivity index (χ2n) is 4.76. The molecule has 92 valence electrons. The van der Waals surface area contributed by atoms with Crippen LogP contribution >= 0.6 is 0 Å². The van der Waals surface area contributed by atoms with E-state index in [2.05, 4.69) is 70.9 Å². The van der Waals surface area contributed by atoms with E-state index in [-0.39, 0.29) is 0 Å². The van der Waals surface area contributed by atoms with Crippen molar-refractivity contribution in [2.45, 2.75) is 12.6 Å². The van der Waals surface area contributed by atoms with Crippen molar-refractivity contribution >= 4 is 5.69 Å². The van der Waals surface area contributed by atoms with E-state index in [1.165, 1.54) is 11.3 Å². The third kappa shape index (κ3) is 2.39. The van der Waals surface area contributed by atoms with Crippen molar-refractivity contribution in [2.75, 3.05) is 18.0 Å². The highest BCUT2D eigenvalue weighted by atomic mass is 15.2. The molecule has 0 spiro atoms. The maximum atomic E-state index is 3.36. The molecule has 0 saturated carbocycles. The number of nitrogens with zero attached hydrogens (tertiary/aromatic N) is 1. The first-order chi connectivity index (χ1) is 8.93. The van der Waals surface area contributed by atoms with E-state index in [4.69, 9.17) is 0 Å². The lowest BCUT2D eigenvalue weighted by atomic mass is 10.1. The van der Waals surface area contributed by atoms with Crippen LogP contribution in [0.25, 0.3) is 0 Å². The minimum atomic E-state index is 0.618. The topological polar surface area (TPSA) is 15.3 Å². The fraction of sp³-hybridized carbons (Fsp3) is 0.250. The summed E-state index contributed by atoms with van der Waals surface area (Å²) >= 11 is 0. The van der Waals surface area contributed by atoms with Gasteiger partial charge in [-0.15, -0.1) is 0 Å². The quantitative estimate of drug-likeness (QED) is 0.881. The molecule has 2 heteroatoms. The number of rotatable bonds is 4. The van der Waals surface area contributed by atoms with E-state index in [0.717, 1.165) is 19.6 Å². The van der Waals surface area contributed by atoms with Gasteiger partial charge in [-0.25, -0.2) is 0 Å². The molecule has 1 saturated heterocycles. The lowest BCUT2D eigenvalue weighted by molar-refractivity contribution is 0.411. The summed E-state index contributed by atoms with van der Waals surface area (Å²) in [7, 11) is 0. The van der Waals surface area contributed by atoms with Crippen LogP contribution in [0.4, 0.5) is 5.69 Å². The molecule has 3 rings (SSSR count). The fourth-order valence-corrected chi connectivity index (χ4v) is 2.32. The van der Waals surface area contributed by atoms with Crippen LogP contribution in [0.1, 0.15) is 5.56 Å². The van der Waals surface area contributed by atoms with Crippen LogP contribution in [0.15, 0.2) is 60.7 Å². The highest BCUT2D eigenvalue weighted by molar-refractivity contribution is 5.48. The van der Waals surface area contributed by atoms with Crippen molar-refractivity contribution in [3.8, 4) is 0 Å². The molecule has 0 aromatic heterocycles. The Morgan fingerprint density at radius 3 is 2.06 bits per heavy atom. The van der Waals surface area contributed by atoms with Crippen molar-refractivity contribution in [3.05, 3.63) is 66.2 Å². The van der Waals surface area contributed by atoms with Crippen molar-refractivity contribution in [1.82, 2.24) is 5.32 Å². The standard InChI is InChI=1S/C16H18N2/c1-3-7-14(8-4-1)13-18(16-11-17-12-16)15-9-5-2-6-10-15/h1-10,16-17H,11-13H2. The number of para-hydroxylation sites is 1. The first-order valence-corrected chi connectivity index (χ1v) is 6.50. The van der Waals surface area contributed by atoms with Gasteiger partial charge in [0.15, 0.2) is 0 Å². The maximum Gasteiger partial charge on any atom is 0.0542 e. The third-order valence-electron chi connectivity index (χ3n) is 3.48. The Morgan fingerprint density at radius 1 is 0.889 bits per heavy atom. The molecule has 1 aliphatic heterocycles. The molecule has 2 nitrogen and oxygen atoms in total. The summed E-state index contributed by atoms with van der Waals surface area (Å²) in [5.41, 5.74) is 2.68. The summed E-state index contributed by atoms with van der Waals surface area (Å²) in [5, 5.41) is 3.36. The zero-order chi connectivity index (χ0) is 12.2. The summed E-state index contributed by atoms with van der Waals surface area (Å²) in [4.78, 5) is 2.49. The van der Waals surface area contributed by atoms with Crippen LogP contribution in [0, 0.1) is 0 Å². The molecule has 0 unspecified atom stereocenters. The Kier molecular flexibility index (Phi) is 3.29. The van der Waals surface area contributed by atoms with Gasteiger partial charge in [0, 0.05) is 25.3 Å². The van der Waals surface area contributed by atoms with Gasteiger partial charge in [0.25, 0.3) is 0 Å². The van der Waals surface area contributed by atoms with Gasteiger partial charge in [0.2, 0.25) is 0 Å². The summed E-state index contributed by atoms with van der Waals surface area (Å²) in [6.45, 7) is 3.15. The normalized spacial score (nSPS) is 15.1. The van der Waals surface area contributed by atoms with Crippen molar-refractivity contribution in [1.29, 1.82) is 0 Å². The van der Waals surface area contributed by atoms with Crippen LogP contribution in [-0.2, 0) is 6.54 Å². The van der Waals surface area contributed by atoms with Gasteiger partial charge in [-0.1, -0.05) is 48.5 Å². The third-order valence-corrected chi connectivity index (χ3v) is 3.48. The van der Waals surface area contributed by atoms with Crippen LogP contribution < -0.4 is 10.2 Å². The lowest BCUT2D eigenvalue weighted by Gasteiger charge is -2.40. The molecule has 1 aliphatic rings. The molecule has 0 atom stereocenters. The number of nitrogens with one attached hydrogen (secondary N) is 1. The molecule has 1 heterocycles. The van der Waals surface area contributed by atoms with Gasteiger partial charge in [0.05, 0.1) is 6.04 Å². The zero-order valence-electron chi connectivity index (χ0n) is 10.4. The molecule has 2 aromatic rings. The largest absolute Gasteiger partial charge is 0.362 e. The van der Waals surface area contributed by atoms with E-state index in [1.807, 2.05) is 0 Å². The van der Waals surface area contributed by atoms with Crippen LogP contribution in [0.2, 0.25) is 0 Å². The van der Waals surface area contributed by atoms with Gasteiger partial charge in [-0.3, -0.25) is 0 Å². The molecule has 2 aromatic carbocycles. The Bertz CT molecular complexity index is 477. The van der Waals surface area contributed by atoms with Gasteiger partial charge >= 0.3 is 0 Å².